The number of fused-ring (bicyclic) bond motifs is 5. The lowest BCUT2D eigenvalue weighted by Gasteiger charge is -2.29. The number of rotatable bonds is 0. The summed E-state index contributed by atoms with van der Waals surface area (Å²) in [5.74, 6) is 0.184. The van der Waals surface area contributed by atoms with Gasteiger partial charge in [-0.2, -0.15) is 0 Å². The maximum Gasteiger partial charge on any atom is 0.320 e. The van der Waals surface area contributed by atoms with Crippen LogP contribution in [0.2, 0.25) is 0 Å². The Bertz CT molecular complexity index is 309. The molecule has 0 aromatic heterocycles. The highest BCUT2D eigenvalue weighted by atomic mass is 16.6. The molecule has 3 heteroatoms. The van der Waals surface area contributed by atoms with Crippen molar-refractivity contribution in [1.82, 2.24) is 0 Å². The van der Waals surface area contributed by atoms with Crippen molar-refractivity contribution in [3.8, 4) is 0 Å². The van der Waals surface area contributed by atoms with Crippen LogP contribution in [-0.2, 0) is 14.3 Å². The number of cyclic esters (lactones) is 2. The van der Waals surface area contributed by atoms with Crippen LogP contribution in [0.5, 0.6) is 0 Å². The SMILES string of the molecule is C[C@]12C(=O)OC(=O)[C@H]1[C@H]1CC[C@@H]2C1. The van der Waals surface area contributed by atoms with E-state index in [2.05, 4.69) is 0 Å². The van der Waals surface area contributed by atoms with Gasteiger partial charge in [0.05, 0.1) is 11.3 Å². The Morgan fingerprint density at radius 3 is 2.85 bits per heavy atom. The number of carbonyl (C=O) groups is 2. The zero-order valence-electron chi connectivity index (χ0n) is 7.58. The van der Waals surface area contributed by atoms with Gasteiger partial charge in [0.1, 0.15) is 0 Å². The minimum Gasteiger partial charge on any atom is -0.392 e. The van der Waals surface area contributed by atoms with Gasteiger partial charge >= 0.3 is 11.9 Å². The van der Waals surface area contributed by atoms with E-state index in [9.17, 15) is 9.59 Å². The molecule has 2 bridgehead atoms. The van der Waals surface area contributed by atoms with Gasteiger partial charge in [-0.05, 0) is 38.0 Å². The first-order valence-electron chi connectivity index (χ1n) is 4.90. The fraction of sp³-hybridized carbons (Fsp3) is 0.800. The molecule has 0 spiro atoms. The van der Waals surface area contributed by atoms with Crippen LogP contribution in [-0.4, -0.2) is 11.9 Å². The minimum absolute atomic E-state index is 0.112. The molecule has 1 heterocycles. The summed E-state index contributed by atoms with van der Waals surface area (Å²) in [5.41, 5.74) is -0.458. The van der Waals surface area contributed by atoms with Crippen molar-refractivity contribution in [2.75, 3.05) is 0 Å². The standard InChI is InChI=1S/C10H12O3/c1-10-6-3-2-5(4-6)7(10)8(11)13-9(10)12/h5-7H,2-4H2,1H3/t5-,6+,7+,10+/m0/s1. The summed E-state index contributed by atoms with van der Waals surface area (Å²) >= 11 is 0. The molecule has 0 amide bonds. The van der Waals surface area contributed by atoms with Crippen molar-refractivity contribution >= 4 is 11.9 Å². The molecule has 1 saturated heterocycles. The van der Waals surface area contributed by atoms with E-state index in [1.165, 1.54) is 0 Å². The highest BCUT2D eigenvalue weighted by Crippen LogP contribution is 2.62. The lowest BCUT2D eigenvalue weighted by molar-refractivity contribution is -0.156. The summed E-state index contributed by atoms with van der Waals surface area (Å²) in [4.78, 5) is 23.0. The molecule has 13 heavy (non-hydrogen) atoms. The maximum atomic E-state index is 11.5. The monoisotopic (exact) mass is 180 g/mol. The predicted octanol–water partition coefficient (Wildman–Crippen LogP) is 1.12. The zero-order valence-corrected chi connectivity index (χ0v) is 7.58. The second-order valence-electron chi connectivity index (χ2n) is 4.74. The molecule has 0 N–H and O–H groups in total. The number of hydrogen-bond donors (Lipinski definition) is 0. The minimum atomic E-state index is -0.458. The lowest BCUT2D eigenvalue weighted by atomic mass is 9.69. The van der Waals surface area contributed by atoms with Crippen molar-refractivity contribution in [3.63, 3.8) is 0 Å². The summed E-state index contributed by atoms with van der Waals surface area (Å²) < 4.78 is 4.73. The molecular weight excluding hydrogens is 168 g/mol. The Kier molecular flexibility index (Phi) is 1.14. The van der Waals surface area contributed by atoms with E-state index < -0.39 is 5.41 Å². The second-order valence-corrected chi connectivity index (χ2v) is 4.74. The summed E-state index contributed by atoms with van der Waals surface area (Å²) in [5, 5.41) is 0. The topological polar surface area (TPSA) is 43.4 Å². The van der Waals surface area contributed by atoms with Gasteiger partial charge in [-0.1, -0.05) is 0 Å². The van der Waals surface area contributed by atoms with Gasteiger partial charge in [0, 0.05) is 0 Å². The highest BCUT2D eigenvalue weighted by Gasteiger charge is 2.67. The van der Waals surface area contributed by atoms with E-state index in [1.807, 2.05) is 6.92 Å². The molecule has 3 nitrogen and oxygen atoms in total. The first-order chi connectivity index (χ1) is 6.14. The van der Waals surface area contributed by atoms with E-state index >= 15 is 0 Å². The van der Waals surface area contributed by atoms with Crippen LogP contribution in [0.25, 0.3) is 0 Å². The fourth-order valence-electron chi connectivity index (χ4n) is 3.60. The third kappa shape index (κ3) is 0.640. The molecular formula is C10H12O3. The zero-order chi connectivity index (χ0) is 9.22. The van der Waals surface area contributed by atoms with Crippen molar-refractivity contribution in [2.45, 2.75) is 26.2 Å². The normalized spacial score (nSPS) is 52.5. The van der Waals surface area contributed by atoms with Gasteiger partial charge in [-0.15, -0.1) is 0 Å². The van der Waals surface area contributed by atoms with Crippen LogP contribution in [0.3, 0.4) is 0 Å². The predicted molar refractivity (Wildman–Crippen MR) is 43.5 cm³/mol. The van der Waals surface area contributed by atoms with E-state index in [-0.39, 0.29) is 17.9 Å². The molecule has 3 rings (SSSR count). The second kappa shape index (κ2) is 1.97. The summed E-state index contributed by atoms with van der Waals surface area (Å²) in [6, 6.07) is 0. The molecule has 2 saturated carbocycles. The van der Waals surface area contributed by atoms with Gasteiger partial charge in [-0.3, -0.25) is 9.59 Å². The van der Waals surface area contributed by atoms with Crippen molar-refractivity contribution < 1.29 is 14.3 Å². The third-order valence-electron chi connectivity index (χ3n) is 4.33. The Morgan fingerprint density at radius 2 is 2.15 bits per heavy atom. The van der Waals surface area contributed by atoms with Crippen molar-refractivity contribution in [3.05, 3.63) is 0 Å². The van der Waals surface area contributed by atoms with E-state index in [0.717, 1.165) is 19.3 Å². The van der Waals surface area contributed by atoms with Crippen LogP contribution in [0.15, 0.2) is 0 Å². The van der Waals surface area contributed by atoms with Gasteiger partial charge in [0.15, 0.2) is 0 Å². The third-order valence-corrected chi connectivity index (χ3v) is 4.33. The average Bonchev–Trinajstić information content (AvgIpc) is 2.66. The maximum absolute atomic E-state index is 11.5. The molecule has 0 aromatic rings. The quantitative estimate of drug-likeness (QED) is 0.414. The highest BCUT2D eigenvalue weighted by molar-refractivity contribution is 6.00. The summed E-state index contributed by atoms with van der Waals surface area (Å²) in [6.45, 7) is 1.91. The Labute approximate surface area is 76.4 Å². The average molecular weight is 180 g/mol. The number of esters is 2. The molecule has 4 atom stereocenters. The van der Waals surface area contributed by atoms with Crippen molar-refractivity contribution in [1.29, 1.82) is 0 Å². The molecule has 70 valence electrons. The van der Waals surface area contributed by atoms with Gasteiger partial charge in [-0.25, -0.2) is 0 Å². The summed E-state index contributed by atoms with van der Waals surface area (Å²) in [6.07, 6.45) is 3.26. The Balaban J connectivity index is 2.12. The summed E-state index contributed by atoms with van der Waals surface area (Å²) in [7, 11) is 0. The lowest BCUT2D eigenvalue weighted by Crippen LogP contribution is -2.36. The molecule has 3 fully saturated rings. The number of carbonyl (C=O) groups excluding carboxylic acids is 2. The first kappa shape index (κ1) is 7.54. The van der Waals surface area contributed by atoms with E-state index in [4.69, 9.17) is 4.74 Å². The van der Waals surface area contributed by atoms with Crippen molar-refractivity contribution in [2.24, 2.45) is 23.2 Å². The molecule has 0 unspecified atom stereocenters. The first-order valence-corrected chi connectivity index (χ1v) is 4.90. The molecule has 2 aliphatic carbocycles. The smallest absolute Gasteiger partial charge is 0.320 e. The largest absolute Gasteiger partial charge is 0.392 e. The van der Waals surface area contributed by atoms with Crippen LogP contribution < -0.4 is 0 Å². The number of hydrogen-bond acceptors (Lipinski definition) is 3. The molecule has 3 aliphatic rings. The van der Waals surface area contributed by atoms with Crippen LogP contribution in [0.4, 0.5) is 0 Å². The Morgan fingerprint density at radius 1 is 1.38 bits per heavy atom. The molecule has 0 aromatic carbocycles. The van der Waals surface area contributed by atoms with E-state index in [0.29, 0.717) is 11.8 Å². The van der Waals surface area contributed by atoms with Crippen LogP contribution in [0.1, 0.15) is 26.2 Å². The van der Waals surface area contributed by atoms with Gasteiger partial charge in [0.25, 0.3) is 0 Å². The Hall–Kier alpha value is -0.860. The van der Waals surface area contributed by atoms with E-state index in [1.54, 1.807) is 0 Å². The van der Waals surface area contributed by atoms with Gasteiger partial charge in [0.2, 0.25) is 0 Å². The van der Waals surface area contributed by atoms with Crippen LogP contribution >= 0.6 is 0 Å². The molecule has 1 aliphatic heterocycles. The number of ether oxygens (including phenoxy) is 1. The molecule has 0 radical (unpaired) electrons. The van der Waals surface area contributed by atoms with Crippen LogP contribution in [0, 0.1) is 23.2 Å². The fourth-order valence-corrected chi connectivity index (χ4v) is 3.60. The van der Waals surface area contributed by atoms with Gasteiger partial charge < -0.3 is 4.74 Å².